The summed E-state index contributed by atoms with van der Waals surface area (Å²) in [6.07, 6.45) is 5.64. The maximum atomic E-state index is 12.9. The first-order valence-corrected chi connectivity index (χ1v) is 12.6. The van der Waals surface area contributed by atoms with Crippen LogP contribution in [-0.4, -0.2) is 67.6 Å². The summed E-state index contributed by atoms with van der Waals surface area (Å²) in [6.45, 7) is 7.32. The molecule has 0 aromatic heterocycles. The van der Waals surface area contributed by atoms with E-state index in [1.165, 1.54) is 24.9 Å². The van der Waals surface area contributed by atoms with Gasteiger partial charge in [-0.2, -0.15) is 0 Å². The number of carbonyl (C=O) groups excluding carboxylic acids is 1. The van der Waals surface area contributed by atoms with Crippen LogP contribution in [0.4, 0.5) is 0 Å². The SMILES string of the molecule is CC(CN1CCC(Oc2ccccc2C(=O)NCCC2CCCN2C)CC1)c1ccccc1. The summed E-state index contributed by atoms with van der Waals surface area (Å²) in [5.74, 6) is 1.21. The Balaban J connectivity index is 1.24. The van der Waals surface area contributed by atoms with Gasteiger partial charge in [-0.3, -0.25) is 4.79 Å². The van der Waals surface area contributed by atoms with Gasteiger partial charge in [0.25, 0.3) is 5.91 Å². The number of ether oxygens (including phenoxy) is 1. The standard InChI is InChI=1S/C28H39N3O2/c1-22(23-9-4-3-5-10-23)21-31-19-15-25(16-20-31)33-27-13-7-6-12-26(27)28(32)29-17-14-24-11-8-18-30(24)2/h3-7,9-10,12-13,22,24-25H,8,11,14-21H2,1-2H3,(H,29,32). The molecule has 2 aromatic rings. The molecular formula is C28H39N3O2. The number of piperidine rings is 1. The normalized spacial score (nSPS) is 21.1. The molecule has 178 valence electrons. The molecule has 1 amide bonds. The molecule has 2 unspecified atom stereocenters. The maximum absolute atomic E-state index is 12.9. The van der Waals surface area contributed by atoms with Gasteiger partial charge in [0.05, 0.1) is 5.56 Å². The number of hydrogen-bond donors (Lipinski definition) is 1. The molecule has 33 heavy (non-hydrogen) atoms. The fourth-order valence-corrected chi connectivity index (χ4v) is 5.21. The molecule has 0 spiro atoms. The molecule has 2 aromatic carbocycles. The molecule has 2 saturated heterocycles. The summed E-state index contributed by atoms with van der Waals surface area (Å²) < 4.78 is 6.35. The minimum absolute atomic E-state index is 0.0274. The van der Waals surface area contributed by atoms with Gasteiger partial charge in [-0.15, -0.1) is 0 Å². The minimum atomic E-state index is -0.0274. The summed E-state index contributed by atoms with van der Waals surface area (Å²) in [4.78, 5) is 17.8. The molecular weight excluding hydrogens is 410 g/mol. The van der Waals surface area contributed by atoms with Crippen molar-refractivity contribution in [2.45, 2.75) is 57.1 Å². The fraction of sp³-hybridized carbons (Fsp3) is 0.536. The molecule has 2 aliphatic rings. The number of benzene rings is 2. The first-order valence-electron chi connectivity index (χ1n) is 12.6. The molecule has 0 saturated carbocycles. The summed E-state index contributed by atoms with van der Waals surface area (Å²) in [7, 11) is 2.18. The number of likely N-dealkylation sites (tertiary alicyclic amines) is 2. The van der Waals surface area contributed by atoms with E-state index in [9.17, 15) is 4.79 Å². The number of para-hydroxylation sites is 1. The van der Waals surface area contributed by atoms with Crippen molar-refractivity contribution >= 4 is 5.91 Å². The zero-order valence-corrected chi connectivity index (χ0v) is 20.2. The maximum Gasteiger partial charge on any atom is 0.255 e. The molecule has 0 aliphatic carbocycles. The summed E-state index contributed by atoms with van der Waals surface area (Å²) >= 11 is 0. The van der Waals surface area contributed by atoms with E-state index in [1.807, 2.05) is 24.3 Å². The van der Waals surface area contributed by atoms with E-state index in [-0.39, 0.29) is 12.0 Å². The van der Waals surface area contributed by atoms with Gasteiger partial charge in [0, 0.05) is 32.2 Å². The van der Waals surface area contributed by atoms with Crippen molar-refractivity contribution < 1.29 is 9.53 Å². The van der Waals surface area contributed by atoms with E-state index in [0.29, 0.717) is 29.8 Å². The fourth-order valence-electron chi connectivity index (χ4n) is 5.21. The molecule has 2 aliphatic heterocycles. The lowest BCUT2D eigenvalue weighted by molar-refractivity contribution is 0.0894. The van der Waals surface area contributed by atoms with Gasteiger partial charge < -0.3 is 19.9 Å². The molecule has 0 radical (unpaired) electrons. The first-order chi connectivity index (χ1) is 16.1. The van der Waals surface area contributed by atoms with Gasteiger partial charge in [-0.25, -0.2) is 0 Å². The van der Waals surface area contributed by atoms with Crippen LogP contribution < -0.4 is 10.1 Å². The third-order valence-corrected chi connectivity index (χ3v) is 7.30. The lowest BCUT2D eigenvalue weighted by Gasteiger charge is -2.34. The van der Waals surface area contributed by atoms with Crippen LogP contribution in [0.25, 0.3) is 0 Å². The second kappa shape index (κ2) is 11.7. The van der Waals surface area contributed by atoms with E-state index in [2.05, 4.69) is 59.4 Å². The summed E-state index contributed by atoms with van der Waals surface area (Å²) in [5.41, 5.74) is 2.05. The van der Waals surface area contributed by atoms with Gasteiger partial charge in [0.2, 0.25) is 0 Å². The largest absolute Gasteiger partial charge is 0.489 e. The highest BCUT2D eigenvalue weighted by molar-refractivity contribution is 5.96. The smallest absolute Gasteiger partial charge is 0.255 e. The number of carbonyl (C=O) groups is 1. The lowest BCUT2D eigenvalue weighted by Crippen LogP contribution is -2.40. The Hall–Kier alpha value is -2.37. The van der Waals surface area contributed by atoms with E-state index in [4.69, 9.17) is 4.74 Å². The minimum Gasteiger partial charge on any atom is -0.489 e. The first kappa shape index (κ1) is 23.8. The van der Waals surface area contributed by atoms with Crippen LogP contribution in [0.15, 0.2) is 54.6 Å². The molecule has 2 heterocycles. The van der Waals surface area contributed by atoms with Crippen molar-refractivity contribution in [1.82, 2.24) is 15.1 Å². The average molecular weight is 450 g/mol. The van der Waals surface area contributed by atoms with Crippen molar-refractivity contribution in [1.29, 1.82) is 0 Å². The van der Waals surface area contributed by atoms with Crippen LogP contribution in [0.2, 0.25) is 0 Å². The van der Waals surface area contributed by atoms with Crippen LogP contribution in [0.1, 0.15) is 60.9 Å². The second-order valence-electron chi connectivity index (χ2n) is 9.75. The number of nitrogens with one attached hydrogen (secondary N) is 1. The van der Waals surface area contributed by atoms with Crippen molar-refractivity contribution in [3.8, 4) is 5.75 Å². The average Bonchev–Trinajstić information content (AvgIpc) is 3.25. The topological polar surface area (TPSA) is 44.8 Å². The van der Waals surface area contributed by atoms with Gasteiger partial charge in [0.1, 0.15) is 11.9 Å². The molecule has 4 rings (SSSR count). The molecule has 1 N–H and O–H groups in total. The highest BCUT2D eigenvalue weighted by Gasteiger charge is 2.24. The highest BCUT2D eigenvalue weighted by Crippen LogP contribution is 2.25. The van der Waals surface area contributed by atoms with E-state index >= 15 is 0 Å². The molecule has 5 nitrogen and oxygen atoms in total. The second-order valence-corrected chi connectivity index (χ2v) is 9.75. The third-order valence-electron chi connectivity index (χ3n) is 7.30. The molecule has 5 heteroatoms. The Kier molecular flexibility index (Phi) is 8.40. The monoisotopic (exact) mass is 449 g/mol. The Labute approximate surface area is 199 Å². The number of amides is 1. The molecule has 2 atom stereocenters. The lowest BCUT2D eigenvalue weighted by atomic mass is 9.99. The molecule has 2 fully saturated rings. The number of rotatable bonds is 9. The zero-order chi connectivity index (χ0) is 23.0. The highest BCUT2D eigenvalue weighted by atomic mass is 16.5. The van der Waals surface area contributed by atoms with E-state index in [1.54, 1.807) is 0 Å². The third kappa shape index (κ3) is 6.58. The van der Waals surface area contributed by atoms with Crippen molar-refractivity contribution in [2.24, 2.45) is 0 Å². The van der Waals surface area contributed by atoms with Gasteiger partial charge in [-0.05, 0) is 69.3 Å². The van der Waals surface area contributed by atoms with Crippen molar-refractivity contribution in [3.63, 3.8) is 0 Å². The number of nitrogens with zero attached hydrogens (tertiary/aromatic N) is 2. The van der Waals surface area contributed by atoms with Crippen LogP contribution in [0.5, 0.6) is 5.75 Å². The Morgan fingerprint density at radius 1 is 1.03 bits per heavy atom. The Morgan fingerprint density at radius 2 is 1.76 bits per heavy atom. The van der Waals surface area contributed by atoms with E-state index < -0.39 is 0 Å². The van der Waals surface area contributed by atoms with Crippen molar-refractivity contribution in [3.05, 3.63) is 65.7 Å². The Morgan fingerprint density at radius 3 is 2.48 bits per heavy atom. The predicted octanol–water partition coefficient (Wildman–Crippen LogP) is 4.55. The summed E-state index contributed by atoms with van der Waals surface area (Å²) in [6, 6.07) is 19.0. The number of hydrogen-bond acceptors (Lipinski definition) is 4. The van der Waals surface area contributed by atoms with Crippen molar-refractivity contribution in [2.75, 3.05) is 39.8 Å². The predicted molar refractivity (Wildman–Crippen MR) is 134 cm³/mol. The quantitative estimate of drug-likeness (QED) is 0.610. The van der Waals surface area contributed by atoms with Crippen LogP contribution >= 0.6 is 0 Å². The van der Waals surface area contributed by atoms with Gasteiger partial charge >= 0.3 is 0 Å². The van der Waals surface area contributed by atoms with Crippen LogP contribution in [0, 0.1) is 0 Å². The van der Waals surface area contributed by atoms with E-state index in [0.717, 1.165) is 38.9 Å². The van der Waals surface area contributed by atoms with Crippen LogP contribution in [-0.2, 0) is 0 Å². The Bertz CT molecular complexity index is 880. The molecule has 0 bridgehead atoms. The summed E-state index contributed by atoms with van der Waals surface area (Å²) in [5, 5.41) is 3.11. The van der Waals surface area contributed by atoms with Gasteiger partial charge in [0.15, 0.2) is 0 Å². The van der Waals surface area contributed by atoms with Gasteiger partial charge in [-0.1, -0.05) is 49.4 Å². The zero-order valence-electron chi connectivity index (χ0n) is 20.2. The van der Waals surface area contributed by atoms with Crippen LogP contribution in [0.3, 0.4) is 0 Å².